The van der Waals surface area contributed by atoms with E-state index in [0.717, 1.165) is 22.6 Å². The molecular formula is C22H26N2O5. The van der Waals surface area contributed by atoms with E-state index in [0.29, 0.717) is 37.4 Å². The van der Waals surface area contributed by atoms with Crippen molar-refractivity contribution in [2.45, 2.75) is 26.2 Å². The van der Waals surface area contributed by atoms with Crippen LogP contribution in [0.2, 0.25) is 0 Å². The van der Waals surface area contributed by atoms with Gasteiger partial charge in [-0.15, -0.1) is 0 Å². The second-order valence-corrected chi connectivity index (χ2v) is 6.64. The lowest BCUT2D eigenvalue weighted by atomic mass is 10.1. The molecule has 0 fully saturated rings. The summed E-state index contributed by atoms with van der Waals surface area (Å²) in [5, 5.41) is 10.2. The molecular weight excluding hydrogens is 372 g/mol. The van der Waals surface area contributed by atoms with Gasteiger partial charge in [-0.1, -0.05) is 6.07 Å². The Bertz CT molecular complexity index is 996. The third-order valence-corrected chi connectivity index (χ3v) is 4.74. The first-order valence-corrected chi connectivity index (χ1v) is 9.61. The molecule has 0 amide bonds. The highest BCUT2D eigenvalue weighted by molar-refractivity contribution is 5.77. The van der Waals surface area contributed by atoms with Gasteiger partial charge in [0, 0.05) is 32.0 Å². The summed E-state index contributed by atoms with van der Waals surface area (Å²) in [7, 11) is 3.61. The second-order valence-electron chi connectivity index (χ2n) is 6.64. The maximum Gasteiger partial charge on any atom is 0.306 e. The summed E-state index contributed by atoms with van der Waals surface area (Å²) in [6, 6.07) is 10.9. The molecule has 0 saturated heterocycles. The van der Waals surface area contributed by atoms with Gasteiger partial charge in [0.05, 0.1) is 31.4 Å². The second kappa shape index (κ2) is 9.32. The number of phenolic OH excluding ortho intramolecular Hbond substituents is 1. The van der Waals surface area contributed by atoms with Gasteiger partial charge in [0.15, 0.2) is 0 Å². The Labute approximate surface area is 169 Å². The predicted molar refractivity (Wildman–Crippen MR) is 110 cm³/mol. The number of aryl methyl sites for hydroxylation is 2. The van der Waals surface area contributed by atoms with E-state index >= 15 is 0 Å². The third-order valence-electron chi connectivity index (χ3n) is 4.74. The highest BCUT2D eigenvalue weighted by Gasteiger charge is 2.10. The molecule has 2 aromatic carbocycles. The zero-order valence-corrected chi connectivity index (χ0v) is 17.0. The van der Waals surface area contributed by atoms with E-state index in [1.165, 1.54) is 0 Å². The lowest BCUT2D eigenvalue weighted by molar-refractivity contribution is -0.143. The van der Waals surface area contributed by atoms with Gasteiger partial charge in [-0.2, -0.15) is 0 Å². The van der Waals surface area contributed by atoms with Crippen LogP contribution in [0.1, 0.15) is 24.7 Å². The van der Waals surface area contributed by atoms with E-state index in [9.17, 15) is 9.90 Å². The Balaban J connectivity index is 1.58. The first kappa shape index (κ1) is 20.5. The normalized spacial score (nSPS) is 10.9. The molecule has 1 heterocycles. The van der Waals surface area contributed by atoms with Gasteiger partial charge >= 0.3 is 5.97 Å². The largest absolute Gasteiger partial charge is 0.508 e. The standard InChI is InChI=1S/C22H26N2O5/c1-4-28-22(26)10-6-15-5-7-17(14-20(15)25)29-12-11-21-23-18-9-8-16(27-3)13-19(18)24(21)2/h5,7-9,13-14,25H,4,6,10-12H2,1-3H3. The minimum Gasteiger partial charge on any atom is -0.508 e. The molecule has 0 aliphatic carbocycles. The Morgan fingerprint density at radius 2 is 1.93 bits per heavy atom. The highest BCUT2D eigenvalue weighted by Crippen LogP contribution is 2.25. The smallest absolute Gasteiger partial charge is 0.306 e. The van der Waals surface area contributed by atoms with E-state index in [-0.39, 0.29) is 18.1 Å². The molecule has 7 nitrogen and oxygen atoms in total. The van der Waals surface area contributed by atoms with Gasteiger partial charge in [-0.25, -0.2) is 4.98 Å². The van der Waals surface area contributed by atoms with Crippen molar-refractivity contribution >= 4 is 17.0 Å². The number of ether oxygens (including phenoxy) is 3. The Morgan fingerprint density at radius 1 is 1.14 bits per heavy atom. The number of imidazole rings is 1. The number of methoxy groups -OCH3 is 1. The van der Waals surface area contributed by atoms with Crippen molar-refractivity contribution in [3.8, 4) is 17.2 Å². The average Bonchev–Trinajstić information content (AvgIpc) is 3.02. The first-order valence-electron chi connectivity index (χ1n) is 9.61. The van der Waals surface area contributed by atoms with Gasteiger partial charge in [-0.3, -0.25) is 4.79 Å². The summed E-state index contributed by atoms with van der Waals surface area (Å²) in [5.74, 6) is 2.11. The Morgan fingerprint density at radius 3 is 2.66 bits per heavy atom. The number of phenols is 1. The minimum absolute atomic E-state index is 0.113. The summed E-state index contributed by atoms with van der Waals surface area (Å²) in [6.07, 6.45) is 1.28. The van der Waals surface area contributed by atoms with Crippen molar-refractivity contribution in [1.82, 2.24) is 9.55 Å². The van der Waals surface area contributed by atoms with E-state index in [4.69, 9.17) is 14.2 Å². The SMILES string of the molecule is CCOC(=O)CCc1ccc(OCCc2nc3ccc(OC)cc3n2C)cc1O. The summed E-state index contributed by atoms with van der Waals surface area (Å²) >= 11 is 0. The molecule has 29 heavy (non-hydrogen) atoms. The van der Waals surface area contributed by atoms with Gasteiger partial charge < -0.3 is 23.9 Å². The maximum absolute atomic E-state index is 11.5. The molecule has 7 heteroatoms. The van der Waals surface area contributed by atoms with Crippen LogP contribution in [0.25, 0.3) is 11.0 Å². The number of hydrogen-bond donors (Lipinski definition) is 1. The number of benzene rings is 2. The average molecular weight is 398 g/mol. The van der Waals surface area contributed by atoms with Crippen LogP contribution in [0.3, 0.4) is 0 Å². The topological polar surface area (TPSA) is 82.8 Å². The molecule has 0 saturated carbocycles. The Hall–Kier alpha value is -3.22. The fraction of sp³-hybridized carbons (Fsp3) is 0.364. The summed E-state index contributed by atoms with van der Waals surface area (Å²) in [6.45, 7) is 2.55. The molecule has 0 radical (unpaired) electrons. The molecule has 3 aromatic rings. The number of fused-ring (bicyclic) bond motifs is 1. The summed E-state index contributed by atoms with van der Waals surface area (Å²) < 4.78 is 18.0. The Kier molecular flexibility index (Phi) is 6.59. The van der Waals surface area contributed by atoms with E-state index in [1.54, 1.807) is 32.2 Å². The van der Waals surface area contributed by atoms with Crippen LogP contribution >= 0.6 is 0 Å². The van der Waals surface area contributed by atoms with Crippen LogP contribution in [0, 0.1) is 0 Å². The number of carbonyl (C=O) groups is 1. The predicted octanol–water partition coefficient (Wildman–Crippen LogP) is 3.40. The van der Waals surface area contributed by atoms with Gasteiger partial charge in [-0.05, 0) is 37.1 Å². The minimum atomic E-state index is -0.271. The fourth-order valence-corrected chi connectivity index (χ4v) is 3.15. The van der Waals surface area contributed by atoms with Crippen molar-refractivity contribution in [3.63, 3.8) is 0 Å². The number of aromatic nitrogens is 2. The molecule has 154 valence electrons. The zero-order chi connectivity index (χ0) is 20.8. The number of hydrogen-bond acceptors (Lipinski definition) is 6. The molecule has 0 spiro atoms. The van der Waals surface area contributed by atoms with E-state index < -0.39 is 0 Å². The van der Waals surface area contributed by atoms with Crippen LogP contribution < -0.4 is 9.47 Å². The van der Waals surface area contributed by atoms with E-state index in [1.807, 2.05) is 29.8 Å². The van der Waals surface area contributed by atoms with E-state index in [2.05, 4.69) is 4.98 Å². The molecule has 0 aliphatic rings. The molecule has 1 aromatic heterocycles. The molecule has 1 N–H and O–H groups in total. The van der Waals surface area contributed by atoms with Gasteiger partial charge in [0.25, 0.3) is 0 Å². The van der Waals surface area contributed by atoms with Crippen molar-refractivity contribution in [2.24, 2.45) is 7.05 Å². The molecule has 3 rings (SSSR count). The molecule has 0 aliphatic heterocycles. The van der Waals surface area contributed by atoms with Crippen LogP contribution in [0.5, 0.6) is 17.2 Å². The van der Waals surface area contributed by atoms with Crippen molar-refractivity contribution in [1.29, 1.82) is 0 Å². The van der Waals surface area contributed by atoms with Crippen LogP contribution in [-0.4, -0.2) is 41.0 Å². The fourth-order valence-electron chi connectivity index (χ4n) is 3.15. The number of aromatic hydroxyl groups is 1. The van der Waals surface area contributed by atoms with Crippen LogP contribution in [0.4, 0.5) is 0 Å². The van der Waals surface area contributed by atoms with Crippen LogP contribution in [0.15, 0.2) is 36.4 Å². The number of carbonyl (C=O) groups excluding carboxylic acids is 1. The maximum atomic E-state index is 11.5. The summed E-state index contributed by atoms with van der Waals surface area (Å²) in [5.41, 5.74) is 2.60. The van der Waals surface area contributed by atoms with Crippen molar-refractivity contribution < 1.29 is 24.1 Å². The number of nitrogens with zero attached hydrogens (tertiary/aromatic N) is 2. The highest BCUT2D eigenvalue weighted by atomic mass is 16.5. The quantitative estimate of drug-likeness (QED) is 0.556. The third kappa shape index (κ3) is 4.99. The molecule has 0 bridgehead atoms. The lowest BCUT2D eigenvalue weighted by Crippen LogP contribution is -2.07. The van der Waals surface area contributed by atoms with Gasteiger partial charge in [0.2, 0.25) is 0 Å². The van der Waals surface area contributed by atoms with Crippen molar-refractivity contribution in [3.05, 3.63) is 47.8 Å². The molecule has 0 atom stereocenters. The number of esters is 1. The summed E-state index contributed by atoms with van der Waals surface area (Å²) in [4.78, 5) is 16.1. The van der Waals surface area contributed by atoms with Crippen LogP contribution in [-0.2, 0) is 29.4 Å². The number of rotatable bonds is 9. The lowest BCUT2D eigenvalue weighted by Gasteiger charge is -2.09. The van der Waals surface area contributed by atoms with Crippen molar-refractivity contribution in [2.75, 3.05) is 20.3 Å². The molecule has 0 unspecified atom stereocenters. The van der Waals surface area contributed by atoms with Gasteiger partial charge in [0.1, 0.15) is 23.1 Å². The monoisotopic (exact) mass is 398 g/mol. The zero-order valence-electron chi connectivity index (χ0n) is 17.0. The first-order chi connectivity index (χ1) is 14.0.